The van der Waals surface area contributed by atoms with Crippen LogP contribution in [0.1, 0.15) is 30.5 Å². The zero-order valence-corrected chi connectivity index (χ0v) is 12.7. The Morgan fingerprint density at radius 1 is 1.41 bits per heavy atom. The Morgan fingerprint density at radius 2 is 2.00 bits per heavy atom. The molecule has 0 bridgehead atoms. The molecule has 0 aliphatic heterocycles. The second kappa shape index (κ2) is 5.20. The molecule has 1 aromatic heterocycles. The van der Waals surface area contributed by atoms with Crippen LogP contribution in [-0.4, -0.2) is 38.1 Å². The maximum Gasteiger partial charge on any atom is 0.228 e. The third kappa shape index (κ3) is 2.50. The molecule has 0 radical (unpaired) electrons. The molecule has 0 saturated heterocycles. The smallest absolute Gasteiger partial charge is 0.228 e. The van der Waals surface area contributed by atoms with Crippen molar-refractivity contribution in [3.05, 3.63) is 17.5 Å². The third-order valence-corrected chi connectivity index (χ3v) is 4.29. The second-order valence-electron chi connectivity index (χ2n) is 6.13. The van der Waals surface area contributed by atoms with E-state index in [1.165, 1.54) is 11.6 Å². The molecule has 1 saturated carbocycles. The van der Waals surface area contributed by atoms with Gasteiger partial charge < -0.3 is 16.6 Å². The van der Waals surface area contributed by atoms with Gasteiger partial charge in [-0.3, -0.25) is 19.1 Å². The highest BCUT2D eigenvalue weighted by Gasteiger charge is 2.55. The Labute approximate surface area is 127 Å². The number of primary amides is 2. The van der Waals surface area contributed by atoms with Crippen LogP contribution in [0.25, 0.3) is 0 Å². The molecule has 8 nitrogen and oxygen atoms in total. The lowest BCUT2D eigenvalue weighted by atomic mass is 9.61. The number of amides is 2. The second-order valence-corrected chi connectivity index (χ2v) is 6.13. The summed E-state index contributed by atoms with van der Waals surface area (Å²) in [6, 6.07) is 0. The van der Waals surface area contributed by atoms with Crippen molar-refractivity contribution < 1.29 is 19.5 Å². The molecule has 120 valence electrons. The summed E-state index contributed by atoms with van der Waals surface area (Å²) in [5.41, 5.74) is 10.2. The number of ketones is 1. The van der Waals surface area contributed by atoms with Gasteiger partial charge in [0.2, 0.25) is 11.8 Å². The van der Waals surface area contributed by atoms with E-state index in [0.29, 0.717) is 11.3 Å². The van der Waals surface area contributed by atoms with Gasteiger partial charge in [-0.1, -0.05) is 0 Å². The zero-order valence-electron chi connectivity index (χ0n) is 12.7. The van der Waals surface area contributed by atoms with Crippen LogP contribution in [0.15, 0.2) is 6.20 Å². The monoisotopic (exact) mass is 308 g/mol. The zero-order chi connectivity index (χ0) is 16.8. The first-order chi connectivity index (χ1) is 10.1. The fourth-order valence-corrected chi connectivity index (χ4v) is 3.48. The van der Waals surface area contributed by atoms with Gasteiger partial charge in [-0.2, -0.15) is 5.10 Å². The molecule has 2 rings (SSSR count). The van der Waals surface area contributed by atoms with Gasteiger partial charge in [-0.25, -0.2) is 0 Å². The van der Waals surface area contributed by atoms with Crippen molar-refractivity contribution in [2.24, 2.45) is 30.4 Å². The van der Waals surface area contributed by atoms with E-state index >= 15 is 0 Å². The van der Waals surface area contributed by atoms with Gasteiger partial charge in [-0.05, 0) is 19.4 Å². The predicted octanol–water partition coefficient (Wildman–Crippen LogP) is -1.26. The lowest BCUT2D eigenvalue weighted by molar-refractivity contribution is -0.152. The minimum atomic E-state index is -1.64. The van der Waals surface area contributed by atoms with E-state index in [0.717, 1.165) is 0 Å². The topological polar surface area (TPSA) is 141 Å². The Hall–Kier alpha value is -2.22. The molecule has 5 N–H and O–H groups in total. The summed E-state index contributed by atoms with van der Waals surface area (Å²) in [6.07, 6.45) is 1.27. The number of hydrogen-bond donors (Lipinski definition) is 3. The van der Waals surface area contributed by atoms with Crippen molar-refractivity contribution >= 4 is 17.6 Å². The summed E-state index contributed by atoms with van der Waals surface area (Å²) in [4.78, 5) is 36.0. The molecule has 8 heteroatoms. The van der Waals surface area contributed by atoms with Crippen molar-refractivity contribution in [3.63, 3.8) is 0 Å². The Morgan fingerprint density at radius 3 is 2.41 bits per heavy atom. The van der Waals surface area contributed by atoms with E-state index in [-0.39, 0.29) is 6.42 Å². The van der Waals surface area contributed by atoms with Crippen molar-refractivity contribution in [1.82, 2.24) is 9.78 Å². The van der Waals surface area contributed by atoms with E-state index in [1.54, 1.807) is 20.2 Å². The van der Waals surface area contributed by atoms with Crippen LogP contribution in [0, 0.1) is 18.8 Å². The Bertz CT molecular complexity index is 649. The maximum atomic E-state index is 12.3. The minimum Gasteiger partial charge on any atom is -0.389 e. The van der Waals surface area contributed by atoms with Gasteiger partial charge in [0, 0.05) is 25.6 Å². The standard InChI is InChI=1S/C14H20N4O4/c1-6-7(5-18(3)17-6)9-10(12(15)20)8(19)4-14(2,22)11(9)13(16)21/h5,9-11,22H,4H2,1-3H3,(H2,15,20)(H2,16,21)/t9-,10-,11-,14-/m1/s1. The fraction of sp³-hybridized carbons (Fsp3) is 0.571. The fourth-order valence-electron chi connectivity index (χ4n) is 3.48. The number of Topliss-reactive ketones (excluding diaryl/α,β-unsaturated/α-hetero) is 1. The first-order valence-corrected chi connectivity index (χ1v) is 6.90. The largest absolute Gasteiger partial charge is 0.389 e. The normalized spacial score (nSPS) is 32.0. The molecular formula is C14H20N4O4. The molecule has 1 aromatic rings. The van der Waals surface area contributed by atoms with Gasteiger partial charge in [0.25, 0.3) is 0 Å². The van der Waals surface area contributed by atoms with Gasteiger partial charge in [0.15, 0.2) is 0 Å². The molecule has 1 heterocycles. The van der Waals surface area contributed by atoms with Gasteiger partial charge in [0.05, 0.1) is 17.2 Å². The van der Waals surface area contributed by atoms with Crippen LogP contribution < -0.4 is 11.5 Å². The summed E-state index contributed by atoms with van der Waals surface area (Å²) in [5, 5.41) is 14.7. The van der Waals surface area contributed by atoms with Gasteiger partial charge >= 0.3 is 0 Å². The summed E-state index contributed by atoms with van der Waals surface area (Å²) in [7, 11) is 1.68. The number of aromatic nitrogens is 2. The van der Waals surface area contributed by atoms with Crippen molar-refractivity contribution in [2.75, 3.05) is 0 Å². The van der Waals surface area contributed by atoms with Crippen LogP contribution in [-0.2, 0) is 21.4 Å². The lowest BCUT2D eigenvalue weighted by Crippen LogP contribution is -2.57. The molecule has 0 spiro atoms. The molecule has 1 fully saturated rings. The number of rotatable bonds is 3. The maximum absolute atomic E-state index is 12.3. The molecule has 1 aliphatic rings. The summed E-state index contributed by atoms with van der Waals surface area (Å²) in [6.45, 7) is 3.06. The van der Waals surface area contributed by atoms with Gasteiger partial charge in [0.1, 0.15) is 11.7 Å². The number of nitrogens with two attached hydrogens (primary N) is 2. The average Bonchev–Trinajstić information content (AvgIpc) is 2.64. The average molecular weight is 308 g/mol. The summed E-state index contributed by atoms with van der Waals surface area (Å²) >= 11 is 0. The lowest BCUT2D eigenvalue weighted by Gasteiger charge is -2.43. The molecule has 2 amide bonds. The van der Waals surface area contributed by atoms with Crippen molar-refractivity contribution in [3.8, 4) is 0 Å². The number of aryl methyl sites for hydroxylation is 2. The third-order valence-electron chi connectivity index (χ3n) is 4.29. The quantitative estimate of drug-likeness (QED) is 0.597. The SMILES string of the molecule is Cc1nn(C)cc1[C@@H]1[C@H](C(N)=O)C(=O)C[C@@](C)(O)[C@H]1C(N)=O. The van der Waals surface area contributed by atoms with Crippen LogP contribution in [0.3, 0.4) is 0 Å². The highest BCUT2D eigenvalue weighted by molar-refractivity contribution is 6.04. The molecule has 0 unspecified atom stereocenters. The van der Waals surface area contributed by atoms with Crippen LogP contribution in [0.2, 0.25) is 0 Å². The molecule has 1 aliphatic carbocycles. The Kier molecular flexibility index (Phi) is 3.82. The number of hydrogen-bond acceptors (Lipinski definition) is 5. The highest BCUT2D eigenvalue weighted by Crippen LogP contribution is 2.46. The van der Waals surface area contributed by atoms with Crippen molar-refractivity contribution in [1.29, 1.82) is 0 Å². The van der Waals surface area contributed by atoms with E-state index < -0.39 is 41.0 Å². The predicted molar refractivity (Wildman–Crippen MR) is 76.3 cm³/mol. The molecule has 0 aromatic carbocycles. The van der Waals surface area contributed by atoms with E-state index in [9.17, 15) is 19.5 Å². The first-order valence-electron chi connectivity index (χ1n) is 6.90. The van der Waals surface area contributed by atoms with E-state index in [2.05, 4.69) is 5.10 Å². The Balaban J connectivity index is 2.67. The minimum absolute atomic E-state index is 0.343. The highest BCUT2D eigenvalue weighted by atomic mass is 16.3. The van der Waals surface area contributed by atoms with Crippen molar-refractivity contribution in [2.45, 2.75) is 31.8 Å². The summed E-state index contributed by atoms with van der Waals surface area (Å²) in [5.74, 6) is -5.34. The van der Waals surface area contributed by atoms with E-state index in [4.69, 9.17) is 11.5 Å². The number of nitrogens with zero attached hydrogens (tertiary/aromatic N) is 2. The van der Waals surface area contributed by atoms with E-state index in [1.807, 2.05) is 0 Å². The van der Waals surface area contributed by atoms with Gasteiger partial charge in [-0.15, -0.1) is 0 Å². The van der Waals surface area contributed by atoms with Crippen LogP contribution in [0.5, 0.6) is 0 Å². The van der Waals surface area contributed by atoms with Crippen LogP contribution >= 0.6 is 0 Å². The number of carbonyl (C=O) groups excluding carboxylic acids is 3. The summed E-state index contributed by atoms with van der Waals surface area (Å²) < 4.78 is 1.51. The molecule has 22 heavy (non-hydrogen) atoms. The number of carbonyl (C=O) groups is 3. The first kappa shape index (κ1) is 16.2. The molecular weight excluding hydrogens is 288 g/mol. The molecule has 4 atom stereocenters. The van der Waals surface area contributed by atoms with Crippen LogP contribution in [0.4, 0.5) is 0 Å². The number of aliphatic hydroxyl groups is 1.